The van der Waals surface area contributed by atoms with Crippen molar-refractivity contribution in [2.45, 2.75) is 26.3 Å². The molecule has 2 rings (SSSR count). The van der Waals surface area contributed by atoms with Gasteiger partial charge in [0.1, 0.15) is 0 Å². The molecule has 4 nitrogen and oxygen atoms in total. The van der Waals surface area contributed by atoms with E-state index in [1.165, 1.54) is 6.42 Å². The fourth-order valence-electron chi connectivity index (χ4n) is 1.60. The van der Waals surface area contributed by atoms with Gasteiger partial charge in [0, 0.05) is 0 Å². The minimum atomic E-state index is 0.270. The summed E-state index contributed by atoms with van der Waals surface area (Å²) in [6.07, 6.45) is 1.19. The summed E-state index contributed by atoms with van der Waals surface area (Å²) in [5.74, 6) is 2.05. The maximum atomic E-state index is 5.10. The van der Waals surface area contributed by atoms with E-state index < -0.39 is 0 Å². The molecular weight excluding hydrogens is 154 g/mol. The Morgan fingerprint density at radius 2 is 2.42 bits per heavy atom. The molecule has 1 aliphatic rings. The molecule has 1 fully saturated rings. The second-order valence-electron chi connectivity index (χ2n) is 3.38. The Bertz CT molecular complexity index is 271. The predicted molar refractivity (Wildman–Crippen MR) is 43.6 cm³/mol. The summed E-state index contributed by atoms with van der Waals surface area (Å²) in [6, 6.07) is 0.270. The molecule has 12 heavy (non-hydrogen) atoms. The van der Waals surface area contributed by atoms with Gasteiger partial charge in [0.15, 0.2) is 5.82 Å². The molecule has 0 saturated carbocycles. The highest BCUT2D eigenvalue weighted by molar-refractivity contribution is 4.96. The van der Waals surface area contributed by atoms with Gasteiger partial charge in [0.25, 0.3) is 0 Å². The fraction of sp³-hybridized carbons (Fsp3) is 0.750. The number of hydrogen-bond donors (Lipinski definition) is 1. The molecule has 1 aromatic rings. The lowest BCUT2D eigenvalue weighted by molar-refractivity contribution is 0.317. The number of aromatic nitrogens is 2. The van der Waals surface area contributed by atoms with E-state index in [4.69, 9.17) is 4.52 Å². The SMILES string of the molecule is Cc1noc(C2NCCC2C)n1. The van der Waals surface area contributed by atoms with Gasteiger partial charge < -0.3 is 9.84 Å². The molecule has 1 aliphatic heterocycles. The number of aryl methyl sites for hydroxylation is 1. The molecule has 0 bridgehead atoms. The van der Waals surface area contributed by atoms with Gasteiger partial charge in [-0.15, -0.1) is 0 Å². The number of nitrogens with one attached hydrogen (secondary N) is 1. The van der Waals surface area contributed by atoms with E-state index in [-0.39, 0.29) is 6.04 Å². The Hall–Kier alpha value is -0.900. The van der Waals surface area contributed by atoms with Gasteiger partial charge in [-0.3, -0.25) is 0 Å². The smallest absolute Gasteiger partial charge is 0.244 e. The average Bonchev–Trinajstić information content (AvgIpc) is 2.58. The van der Waals surface area contributed by atoms with Crippen molar-refractivity contribution in [2.24, 2.45) is 5.92 Å². The van der Waals surface area contributed by atoms with E-state index in [0.717, 1.165) is 12.4 Å². The molecule has 4 heteroatoms. The highest BCUT2D eigenvalue weighted by Crippen LogP contribution is 2.27. The highest BCUT2D eigenvalue weighted by atomic mass is 16.5. The van der Waals surface area contributed by atoms with Crippen molar-refractivity contribution in [1.29, 1.82) is 0 Å². The largest absolute Gasteiger partial charge is 0.338 e. The van der Waals surface area contributed by atoms with Crippen molar-refractivity contribution in [2.75, 3.05) is 6.54 Å². The quantitative estimate of drug-likeness (QED) is 0.679. The molecule has 0 aromatic carbocycles. The van der Waals surface area contributed by atoms with Gasteiger partial charge >= 0.3 is 0 Å². The highest BCUT2D eigenvalue weighted by Gasteiger charge is 2.28. The van der Waals surface area contributed by atoms with E-state index in [2.05, 4.69) is 22.4 Å². The summed E-state index contributed by atoms with van der Waals surface area (Å²) in [5, 5.41) is 7.11. The maximum absolute atomic E-state index is 5.10. The van der Waals surface area contributed by atoms with Crippen LogP contribution < -0.4 is 5.32 Å². The molecule has 0 radical (unpaired) electrons. The van der Waals surface area contributed by atoms with Crippen LogP contribution in [0.15, 0.2) is 4.52 Å². The van der Waals surface area contributed by atoms with Crippen molar-refractivity contribution in [3.05, 3.63) is 11.7 Å². The van der Waals surface area contributed by atoms with Crippen LogP contribution in [-0.2, 0) is 0 Å². The second kappa shape index (κ2) is 2.86. The average molecular weight is 167 g/mol. The van der Waals surface area contributed by atoms with E-state index in [0.29, 0.717) is 11.7 Å². The van der Waals surface area contributed by atoms with Crippen LogP contribution in [0.2, 0.25) is 0 Å². The molecule has 0 amide bonds. The Kier molecular flexibility index (Phi) is 1.84. The number of nitrogens with zero attached hydrogens (tertiary/aromatic N) is 2. The van der Waals surface area contributed by atoms with Gasteiger partial charge in [-0.1, -0.05) is 12.1 Å². The van der Waals surface area contributed by atoms with Crippen molar-refractivity contribution in [3.63, 3.8) is 0 Å². The van der Waals surface area contributed by atoms with Gasteiger partial charge in [-0.2, -0.15) is 4.98 Å². The van der Waals surface area contributed by atoms with Crippen LogP contribution in [0.3, 0.4) is 0 Å². The van der Waals surface area contributed by atoms with Crippen molar-refractivity contribution in [3.8, 4) is 0 Å². The van der Waals surface area contributed by atoms with Crippen LogP contribution in [0.1, 0.15) is 31.1 Å². The summed E-state index contributed by atoms with van der Waals surface area (Å²) in [7, 11) is 0. The third-order valence-electron chi connectivity index (χ3n) is 2.34. The first-order chi connectivity index (χ1) is 5.77. The van der Waals surface area contributed by atoms with E-state index in [1.54, 1.807) is 0 Å². The molecule has 1 aromatic heterocycles. The molecule has 1 N–H and O–H groups in total. The molecule has 2 unspecified atom stereocenters. The molecule has 1 saturated heterocycles. The maximum Gasteiger partial charge on any atom is 0.244 e. The fourth-order valence-corrected chi connectivity index (χ4v) is 1.60. The normalized spacial score (nSPS) is 29.5. The van der Waals surface area contributed by atoms with Crippen LogP contribution in [-0.4, -0.2) is 16.7 Å². The first kappa shape index (κ1) is 7.73. The zero-order valence-corrected chi connectivity index (χ0v) is 7.37. The van der Waals surface area contributed by atoms with Crippen LogP contribution in [0.25, 0.3) is 0 Å². The summed E-state index contributed by atoms with van der Waals surface area (Å²) >= 11 is 0. The Balaban J connectivity index is 2.19. The van der Waals surface area contributed by atoms with Gasteiger partial charge in [0.05, 0.1) is 6.04 Å². The minimum Gasteiger partial charge on any atom is -0.338 e. The van der Waals surface area contributed by atoms with E-state index in [9.17, 15) is 0 Å². The van der Waals surface area contributed by atoms with Gasteiger partial charge in [0.2, 0.25) is 5.89 Å². The van der Waals surface area contributed by atoms with E-state index in [1.807, 2.05) is 6.92 Å². The van der Waals surface area contributed by atoms with Crippen molar-refractivity contribution in [1.82, 2.24) is 15.5 Å². The van der Waals surface area contributed by atoms with Gasteiger partial charge in [-0.05, 0) is 25.8 Å². The van der Waals surface area contributed by atoms with Crippen molar-refractivity contribution >= 4 is 0 Å². The summed E-state index contributed by atoms with van der Waals surface area (Å²) < 4.78 is 5.10. The molecular formula is C8H13N3O. The Labute approximate surface area is 71.4 Å². The third-order valence-corrected chi connectivity index (χ3v) is 2.34. The zero-order valence-electron chi connectivity index (χ0n) is 7.37. The zero-order chi connectivity index (χ0) is 8.55. The molecule has 66 valence electrons. The summed E-state index contributed by atoms with van der Waals surface area (Å²) in [4.78, 5) is 4.20. The van der Waals surface area contributed by atoms with Crippen LogP contribution >= 0.6 is 0 Å². The summed E-state index contributed by atoms with van der Waals surface area (Å²) in [6.45, 7) is 5.09. The predicted octanol–water partition coefficient (Wildman–Crippen LogP) is 1.05. The second-order valence-corrected chi connectivity index (χ2v) is 3.38. The lowest BCUT2D eigenvalue weighted by Gasteiger charge is -2.08. The third kappa shape index (κ3) is 1.22. The Morgan fingerprint density at radius 1 is 1.58 bits per heavy atom. The molecule has 0 aliphatic carbocycles. The minimum absolute atomic E-state index is 0.270. The first-order valence-electron chi connectivity index (χ1n) is 4.31. The standard InChI is InChI=1S/C8H13N3O/c1-5-3-4-9-7(5)8-10-6(2)11-12-8/h5,7,9H,3-4H2,1-2H3. The number of rotatable bonds is 1. The topological polar surface area (TPSA) is 51.0 Å². The number of hydrogen-bond acceptors (Lipinski definition) is 4. The van der Waals surface area contributed by atoms with Gasteiger partial charge in [-0.25, -0.2) is 0 Å². The van der Waals surface area contributed by atoms with Crippen LogP contribution in [0.5, 0.6) is 0 Å². The van der Waals surface area contributed by atoms with Crippen molar-refractivity contribution < 1.29 is 4.52 Å². The lowest BCUT2D eigenvalue weighted by atomic mass is 10.0. The summed E-state index contributed by atoms with van der Waals surface area (Å²) in [5.41, 5.74) is 0. The van der Waals surface area contributed by atoms with Crippen LogP contribution in [0, 0.1) is 12.8 Å². The molecule has 2 heterocycles. The molecule has 2 atom stereocenters. The lowest BCUT2D eigenvalue weighted by Crippen LogP contribution is -2.16. The Morgan fingerprint density at radius 3 is 2.92 bits per heavy atom. The first-order valence-corrected chi connectivity index (χ1v) is 4.31. The monoisotopic (exact) mass is 167 g/mol. The van der Waals surface area contributed by atoms with E-state index >= 15 is 0 Å². The van der Waals surface area contributed by atoms with Crippen LogP contribution in [0.4, 0.5) is 0 Å². The molecule has 0 spiro atoms.